The third kappa shape index (κ3) is 1.99. The van der Waals surface area contributed by atoms with Gasteiger partial charge in [0.05, 0.1) is 17.7 Å². The highest BCUT2D eigenvalue weighted by Gasteiger charge is 2.41. The molecular weight excluding hydrogens is 231 g/mol. The molecule has 0 aromatic heterocycles. The maximum absolute atomic E-state index is 12.8. The zero-order chi connectivity index (χ0) is 12.7. The van der Waals surface area contributed by atoms with Gasteiger partial charge in [-0.15, -0.1) is 0 Å². The predicted molar refractivity (Wildman–Crippen MR) is 58.9 cm³/mol. The van der Waals surface area contributed by atoms with Gasteiger partial charge < -0.3 is 10.4 Å². The fourth-order valence-corrected chi connectivity index (χ4v) is 2.25. The lowest BCUT2D eigenvalue weighted by Gasteiger charge is -2.26. The second-order valence-electron chi connectivity index (χ2n) is 4.42. The van der Waals surface area contributed by atoms with Gasteiger partial charge in [0.25, 0.3) is 0 Å². The zero-order valence-electron chi connectivity index (χ0n) is 9.43. The van der Waals surface area contributed by atoms with Crippen molar-refractivity contribution in [3.05, 3.63) is 29.3 Å². The van der Waals surface area contributed by atoms with Crippen LogP contribution >= 0.6 is 0 Å². The Bertz CT molecular complexity index is 424. The van der Waals surface area contributed by atoms with Crippen LogP contribution in [0.25, 0.3) is 0 Å². The lowest BCUT2D eigenvalue weighted by molar-refractivity contribution is -0.138. The molecule has 0 spiro atoms. The van der Waals surface area contributed by atoms with E-state index < -0.39 is 17.3 Å². The molecule has 2 nitrogen and oxygen atoms in total. The van der Waals surface area contributed by atoms with Gasteiger partial charge in [0, 0.05) is 12.1 Å². The Morgan fingerprint density at radius 1 is 1.41 bits per heavy atom. The van der Waals surface area contributed by atoms with Crippen LogP contribution in [0.5, 0.6) is 0 Å². The fraction of sp³-hybridized carbons (Fsp3) is 0.500. The summed E-state index contributed by atoms with van der Waals surface area (Å²) in [5.41, 5.74) is -0.512. The molecule has 0 radical (unpaired) electrons. The minimum atomic E-state index is -4.34. The largest absolute Gasteiger partial charge is 0.416 e. The van der Waals surface area contributed by atoms with Gasteiger partial charge >= 0.3 is 6.18 Å². The molecule has 0 bridgehead atoms. The molecule has 0 fully saturated rings. The number of aliphatic hydroxyl groups excluding tert-OH is 1. The van der Waals surface area contributed by atoms with Gasteiger partial charge in [0.15, 0.2) is 0 Å². The number of hydrogen-bond acceptors (Lipinski definition) is 2. The number of fused-ring (bicyclic) bond motifs is 1. The first-order chi connectivity index (χ1) is 7.92. The van der Waals surface area contributed by atoms with Crippen LogP contribution in [-0.4, -0.2) is 17.3 Å². The highest BCUT2D eigenvalue weighted by atomic mass is 19.4. The standard InChI is InChI=1S/C12H14F3NO/c1-2-11(7-17)6-8-9(12(13,14)15)4-3-5-10(8)16-11/h3-5,16-17H,2,6-7H2,1H3. The van der Waals surface area contributed by atoms with E-state index in [0.29, 0.717) is 12.1 Å². The number of benzene rings is 1. The van der Waals surface area contributed by atoms with Gasteiger partial charge in [0.2, 0.25) is 0 Å². The Morgan fingerprint density at radius 3 is 2.65 bits per heavy atom. The van der Waals surface area contributed by atoms with Crippen LogP contribution < -0.4 is 5.32 Å². The van der Waals surface area contributed by atoms with Crippen LogP contribution in [0, 0.1) is 0 Å². The number of nitrogens with one attached hydrogen (secondary N) is 1. The van der Waals surface area contributed by atoms with Gasteiger partial charge in [-0.25, -0.2) is 0 Å². The van der Waals surface area contributed by atoms with Crippen LogP contribution in [0.3, 0.4) is 0 Å². The van der Waals surface area contributed by atoms with Crippen molar-refractivity contribution in [2.24, 2.45) is 0 Å². The van der Waals surface area contributed by atoms with Gasteiger partial charge in [-0.2, -0.15) is 13.2 Å². The van der Waals surface area contributed by atoms with Crippen molar-refractivity contribution in [1.82, 2.24) is 0 Å². The topological polar surface area (TPSA) is 32.3 Å². The quantitative estimate of drug-likeness (QED) is 0.839. The normalized spacial score (nSPS) is 23.4. The van der Waals surface area contributed by atoms with Crippen molar-refractivity contribution >= 4 is 5.69 Å². The molecule has 1 unspecified atom stereocenters. The van der Waals surface area contributed by atoms with Crippen molar-refractivity contribution in [2.45, 2.75) is 31.5 Å². The van der Waals surface area contributed by atoms with Gasteiger partial charge in [0.1, 0.15) is 0 Å². The van der Waals surface area contributed by atoms with Crippen molar-refractivity contribution in [3.63, 3.8) is 0 Å². The maximum atomic E-state index is 12.8. The number of rotatable bonds is 2. The second-order valence-corrected chi connectivity index (χ2v) is 4.42. The van der Waals surface area contributed by atoms with Gasteiger partial charge in [-0.3, -0.25) is 0 Å². The Morgan fingerprint density at radius 2 is 2.12 bits per heavy atom. The summed E-state index contributed by atoms with van der Waals surface area (Å²) < 4.78 is 38.4. The first-order valence-electron chi connectivity index (χ1n) is 5.50. The summed E-state index contributed by atoms with van der Waals surface area (Å²) in [7, 11) is 0. The molecule has 17 heavy (non-hydrogen) atoms. The minimum Gasteiger partial charge on any atom is -0.394 e. The molecule has 1 aromatic rings. The molecule has 0 saturated heterocycles. The van der Waals surface area contributed by atoms with E-state index >= 15 is 0 Å². The first kappa shape index (κ1) is 12.2. The first-order valence-corrected chi connectivity index (χ1v) is 5.50. The second kappa shape index (κ2) is 3.91. The molecule has 5 heteroatoms. The Balaban J connectivity index is 2.45. The molecular formula is C12H14F3NO. The molecule has 2 N–H and O–H groups in total. The molecule has 0 saturated carbocycles. The summed E-state index contributed by atoms with van der Waals surface area (Å²) in [6.07, 6.45) is -3.55. The van der Waals surface area contributed by atoms with Crippen LogP contribution in [0.1, 0.15) is 24.5 Å². The minimum absolute atomic E-state index is 0.171. The number of alkyl halides is 3. The highest BCUT2D eigenvalue weighted by molar-refractivity contribution is 5.62. The lowest BCUT2D eigenvalue weighted by atomic mass is 9.91. The molecule has 1 aliphatic heterocycles. The molecule has 1 aliphatic rings. The molecule has 94 valence electrons. The van der Waals surface area contributed by atoms with Crippen molar-refractivity contribution in [1.29, 1.82) is 0 Å². The van der Waals surface area contributed by atoms with Gasteiger partial charge in [-0.05, 0) is 24.1 Å². The van der Waals surface area contributed by atoms with E-state index in [0.717, 1.165) is 6.07 Å². The molecule has 1 atom stereocenters. The van der Waals surface area contributed by atoms with Crippen molar-refractivity contribution in [2.75, 3.05) is 11.9 Å². The molecule has 2 rings (SSSR count). The maximum Gasteiger partial charge on any atom is 0.416 e. The number of aliphatic hydroxyl groups is 1. The summed E-state index contributed by atoms with van der Waals surface area (Å²) in [5.74, 6) is 0. The zero-order valence-corrected chi connectivity index (χ0v) is 9.43. The molecule has 1 heterocycles. The molecule has 0 amide bonds. The Kier molecular flexibility index (Phi) is 2.81. The fourth-order valence-electron chi connectivity index (χ4n) is 2.25. The predicted octanol–water partition coefficient (Wildman–Crippen LogP) is 2.81. The SMILES string of the molecule is CCC1(CO)Cc2c(cccc2C(F)(F)F)N1. The Hall–Kier alpha value is -1.23. The van der Waals surface area contributed by atoms with Crippen LogP contribution in [-0.2, 0) is 12.6 Å². The van der Waals surface area contributed by atoms with Gasteiger partial charge in [-0.1, -0.05) is 13.0 Å². The lowest BCUT2D eigenvalue weighted by Crippen LogP contribution is -2.39. The molecule has 0 aliphatic carbocycles. The van der Waals surface area contributed by atoms with Crippen molar-refractivity contribution < 1.29 is 18.3 Å². The van der Waals surface area contributed by atoms with E-state index in [9.17, 15) is 18.3 Å². The van der Waals surface area contributed by atoms with Crippen LogP contribution in [0.15, 0.2) is 18.2 Å². The third-order valence-electron chi connectivity index (χ3n) is 3.38. The summed E-state index contributed by atoms with van der Waals surface area (Å²) in [6, 6.07) is 4.10. The van der Waals surface area contributed by atoms with E-state index in [2.05, 4.69) is 5.32 Å². The average molecular weight is 245 g/mol. The van der Waals surface area contributed by atoms with E-state index in [1.807, 2.05) is 6.92 Å². The smallest absolute Gasteiger partial charge is 0.394 e. The van der Waals surface area contributed by atoms with E-state index in [1.165, 1.54) is 6.07 Å². The average Bonchev–Trinajstić information content (AvgIpc) is 2.66. The number of anilines is 1. The van der Waals surface area contributed by atoms with Crippen LogP contribution in [0.4, 0.5) is 18.9 Å². The Labute approximate surface area is 97.5 Å². The van der Waals surface area contributed by atoms with E-state index in [1.54, 1.807) is 6.07 Å². The summed E-state index contributed by atoms with van der Waals surface area (Å²) >= 11 is 0. The summed E-state index contributed by atoms with van der Waals surface area (Å²) in [4.78, 5) is 0. The third-order valence-corrected chi connectivity index (χ3v) is 3.38. The number of halogens is 3. The van der Waals surface area contributed by atoms with E-state index in [-0.39, 0.29) is 18.6 Å². The summed E-state index contributed by atoms with van der Waals surface area (Å²) in [6.45, 7) is 1.68. The monoisotopic (exact) mass is 245 g/mol. The number of hydrogen-bond donors (Lipinski definition) is 2. The van der Waals surface area contributed by atoms with Crippen LogP contribution in [0.2, 0.25) is 0 Å². The highest BCUT2D eigenvalue weighted by Crippen LogP contribution is 2.42. The van der Waals surface area contributed by atoms with E-state index in [4.69, 9.17) is 0 Å². The van der Waals surface area contributed by atoms with Crippen molar-refractivity contribution in [3.8, 4) is 0 Å². The molecule has 1 aromatic carbocycles. The summed E-state index contributed by atoms with van der Waals surface area (Å²) in [5, 5.41) is 12.3.